The van der Waals surface area contributed by atoms with E-state index < -0.39 is 6.04 Å². The van der Waals surface area contributed by atoms with Crippen molar-refractivity contribution < 1.29 is 20.5 Å². The third-order valence-corrected chi connectivity index (χ3v) is 5.42. The van der Waals surface area contributed by atoms with E-state index in [0.717, 1.165) is 12.0 Å². The fraction of sp³-hybridized carbons (Fsp3) is 0.625. The number of carbonyl (C=O) groups is 3. The number of carbonyl (C=O) groups excluding carboxylic acids is 3. The predicted octanol–water partition coefficient (Wildman–Crippen LogP) is 5.17. The van der Waals surface area contributed by atoms with Crippen molar-refractivity contribution in [3.05, 3.63) is 29.3 Å². The Balaban J connectivity index is 0.00000272. The fourth-order valence-electron chi connectivity index (χ4n) is 3.53. The van der Waals surface area contributed by atoms with E-state index in [2.05, 4.69) is 5.32 Å². The number of benzene rings is 1. The summed E-state index contributed by atoms with van der Waals surface area (Å²) in [7, 11) is 1.58. The summed E-state index contributed by atoms with van der Waals surface area (Å²) in [5, 5.41) is 2.94. The van der Waals surface area contributed by atoms with Crippen molar-refractivity contribution in [2.45, 2.75) is 79.7 Å². The van der Waals surface area contributed by atoms with Gasteiger partial charge in [0.25, 0.3) is 0 Å². The van der Waals surface area contributed by atoms with Crippen molar-refractivity contribution in [2.24, 2.45) is 11.3 Å². The number of methoxy groups -OCH3 is 1. The lowest BCUT2D eigenvalue weighted by Gasteiger charge is -2.32. The van der Waals surface area contributed by atoms with Crippen LogP contribution in [-0.2, 0) is 9.59 Å². The number of nitrogens with one attached hydrogen (secondary N) is 1. The van der Waals surface area contributed by atoms with Crippen LogP contribution in [0.1, 0.15) is 91.0 Å². The predicted molar refractivity (Wildman–Crippen MR) is 119 cm³/mol. The number of hydrogen-bond donors (Lipinski definition) is 1. The maximum atomic E-state index is 12.7. The third kappa shape index (κ3) is 6.15. The monoisotopic (exact) mass is 405 g/mol. The Hall–Kier alpha value is -2.17. The molecule has 2 rings (SSSR count). The Morgan fingerprint density at radius 3 is 2.41 bits per heavy atom. The Bertz CT molecular complexity index is 739. The summed E-state index contributed by atoms with van der Waals surface area (Å²) >= 11 is 0. The van der Waals surface area contributed by atoms with E-state index in [-0.39, 0.29) is 42.6 Å². The van der Waals surface area contributed by atoms with E-state index >= 15 is 0 Å². The molecule has 1 aliphatic carbocycles. The summed E-state index contributed by atoms with van der Waals surface area (Å²) < 4.78 is 5.25. The molecule has 164 valence electrons. The molecule has 0 bridgehead atoms. The highest BCUT2D eigenvalue weighted by Gasteiger charge is 2.36. The van der Waals surface area contributed by atoms with Crippen molar-refractivity contribution in [3.8, 4) is 5.75 Å². The van der Waals surface area contributed by atoms with Crippen molar-refractivity contribution >= 4 is 17.5 Å². The average Bonchev–Trinajstić information content (AvgIpc) is 3.00. The molecule has 5 nitrogen and oxygen atoms in total. The van der Waals surface area contributed by atoms with Gasteiger partial charge in [-0.15, -0.1) is 0 Å². The van der Waals surface area contributed by atoms with Crippen LogP contribution in [0.4, 0.5) is 0 Å². The van der Waals surface area contributed by atoms with Crippen LogP contribution in [-0.4, -0.2) is 30.6 Å². The summed E-state index contributed by atoms with van der Waals surface area (Å²) in [5.41, 5.74) is 1.15. The number of ether oxygens (including phenoxy) is 1. The summed E-state index contributed by atoms with van der Waals surface area (Å²) in [6, 6.07) is 4.82. The molecule has 0 aliphatic heterocycles. The zero-order valence-electron chi connectivity index (χ0n) is 19.2. The molecule has 3 atom stereocenters. The first kappa shape index (κ1) is 24.9. The Labute approximate surface area is 177 Å². The van der Waals surface area contributed by atoms with E-state index in [4.69, 9.17) is 4.74 Å². The summed E-state index contributed by atoms with van der Waals surface area (Å²) in [6.07, 6.45) is 1.24. The number of Topliss-reactive ketones (excluding diaryl/α,β-unsaturated/α-hetero) is 2. The number of hydrogen-bond acceptors (Lipinski definition) is 4. The SMILES string of the molecule is CC.CCC(C)C(=O)C(NC(=O)CC1CC(=O)c2ccc(OC)cc21)C(C)(C)C.[HH]. The molecule has 1 N–H and O–H groups in total. The first-order valence-corrected chi connectivity index (χ1v) is 10.6. The van der Waals surface area contributed by atoms with Crippen LogP contribution in [0.2, 0.25) is 0 Å². The molecule has 1 aromatic rings. The molecule has 0 spiro atoms. The van der Waals surface area contributed by atoms with Gasteiger partial charge in [-0.3, -0.25) is 14.4 Å². The van der Waals surface area contributed by atoms with Crippen molar-refractivity contribution in [1.29, 1.82) is 0 Å². The zero-order chi connectivity index (χ0) is 22.4. The molecule has 0 aromatic heterocycles. The normalized spacial score (nSPS) is 17.5. The molecular weight excluding hydrogens is 366 g/mol. The first-order valence-electron chi connectivity index (χ1n) is 10.6. The Kier molecular flexibility index (Phi) is 9.06. The van der Waals surface area contributed by atoms with Gasteiger partial charge in [-0.05, 0) is 35.6 Å². The van der Waals surface area contributed by atoms with Gasteiger partial charge in [-0.25, -0.2) is 0 Å². The minimum atomic E-state index is -0.540. The third-order valence-electron chi connectivity index (χ3n) is 5.42. The maximum absolute atomic E-state index is 12.7. The quantitative estimate of drug-likeness (QED) is 0.679. The van der Waals surface area contributed by atoms with Gasteiger partial charge in [0.2, 0.25) is 5.91 Å². The van der Waals surface area contributed by atoms with E-state index in [1.165, 1.54) is 0 Å². The van der Waals surface area contributed by atoms with Crippen molar-refractivity contribution in [1.82, 2.24) is 5.32 Å². The van der Waals surface area contributed by atoms with Crippen LogP contribution < -0.4 is 10.1 Å². The van der Waals surface area contributed by atoms with Crippen LogP contribution in [0, 0.1) is 11.3 Å². The molecule has 29 heavy (non-hydrogen) atoms. The van der Waals surface area contributed by atoms with Gasteiger partial charge in [-0.2, -0.15) is 0 Å². The molecule has 5 heteroatoms. The number of rotatable bonds is 7. The van der Waals surface area contributed by atoms with E-state index in [0.29, 0.717) is 17.7 Å². The second-order valence-corrected chi connectivity index (χ2v) is 8.56. The van der Waals surface area contributed by atoms with Gasteiger partial charge in [0, 0.05) is 31.7 Å². The first-order chi connectivity index (χ1) is 13.6. The molecule has 1 aromatic carbocycles. The minimum absolute atomic E-state index is 0. The Morgan fingerprint density at radius 1 is 1.28 bits per heavy atom. The average molecular weight is 406 g/mol. The molecule has 0 radical (unpaired) electrons. The molecule has 1 aliphatic rings. The highest BCUT2D eigenvalue weighted by Crippen LogP contribution is 2.37. The lowest BCUT2D eigenvalue weighted by Crippen LogP contribution is -2.51. The van der Waals surface area contributed by atoms with Gasteiger partial charge in [0.05, 0.1) is 13.2 Å². The molecule has 0 saturated heterocycles. The second kappa shape index (κ2) is 10.6. The van der Waals surface area contributed by atoms with E-state index in [1.54, 1.807) is 19.2 Å². The minimum Gasteiger partial charge on any atom is -0.497 e. The van der Waals surface area contributed by atoms with Gasteiger partial charge < -0.3 is 10.1 Å². The smallest absolute Gasteiger partial charge is 0.221 e. The molecule has 0 saturated carbocycles. The van der Waals surface area contributed by atoms with Crippen molar-refractivity contribution in [2.75, 3.05) is 7.11 Å². The molecular formula is C24H39NO4. The highest BCUT2D eigenvalue weighted by atomic mass is 16.5. The largest absolute Gasteiger partial charge is 0.497 e. The van der Waals surface area contributed by atoms with Crippen molar-refractivity contribution in [3.63, 3.8) is 0 Å². The summed E-state index contributed by atoms with van der Waals surface area (Å²) in [5.74, 6) is 0.305. The summed E-state index contributed by atoms with van der Waals surface area (Å²) in [6.45, 7) is 13.7. The van der Waals surface area contributed by atoms with E-state index in [1.807, 2.05) is 54.5 Å². The highest BCUT2D eigenvalue weighted by molar-refractivity contribution is 6.02. The molecule has 1 amide bonds. The molecule has 3 unspecified atom stereocenters. The zero-order valence-corrected chi connectivity index (χ0v) is 19.2. The van der Waals surface area contributed by atoms with Gasteiger partial charge in [0.15, 0.2) is 11.6 Å². The van der Waals surface area contributed by atoms with Crippen LogP contribution in [0.15, 0.2) is 18.2 Å². The van der Waals surface area contributed by atoms with Gasteiger partial charge >= 0.3 is 0 Å². The molecule has 0 fully saturated rings. The number of ketones is 2. The lowest BCUT2D eigenvalue weighted by atomic mass is 9.80. The van der Waals surface area contributed by atoms with Crippen LogP contribution in [0.3, 0.4) is 0 Å². The standard InChI is InChI=1S/C22H31NO4.C2H6.H2/c1-7-13(2)20(26)21(22(3,4)5)23-19(25)11-14-10-18(24)16-9-8-15(27-6)12-17(14)16;1-2;/h8-9,12-14,21H,7,10-11H2,1-6H3,(H,23,25);1-2H3;1H. The Morgan fingerprint density at radius 2 is 1.90 bits per heavy atom. The lowest BCUT2D eigenvalue weighted by molar-refractivity contribution is -0.132. The maximum Gasteiger partial charge on any atom is 0.221 e. The second-order valence-electron chi connectivity index (χ2n) is 8.56. The molecule has 0 heterocycles. The van der Waals surface area contributed by atoms with Gasteiger partial charge in [0.1, 0.15) is 5.75 Å². The van der Waals surface area contributed by atoms with Gasteiger partial charge in [-0.1, -0.05) is 48.5 Å². The van der Waals surface area contributed by atoms with Crippen LogP contribution in [0.25, 0.3) is 0 Å². The van der Waals surface area contributed by atoms with E-state index in [9.17, 15) is 14.4 Å². The summed E-state index contributed by atoms with van der Waals surface area (Å²) in [4.78, 5) is 37.7. The topological polar surface area (TPSA) is 72.5 Å². The number of fused-ring (bicyclic) bond motifs is 1. The number of amides is 1. The van der Waals surface area contributed by atoms with Crippen LogP contribution >= 0.6 is 0 Å². The van der Waals surface area contributed by atoms with Crippen LogP contribution in [0.5, 0.6) is 5.75 Å². The fourth-order valence-corrected chi connectivity index (χ4v) is 3.53.